The number of amides is 2. The lowest BCUT2D eigenvalue weighted by atomic mass is 10.1. The summed E-state index contributed by atoms with van der Waals surface area (Å²) in [6, 6.07) is 0. The van der Waals surface area contributed by atoms with Gasteiger partial charge in [0.15, 0.2) is 0 Å². The second-order valence-electron chi connectivity index (χ2n) is 4.21. The van der Waals surface area contributed by atoms with Gasteiger partial charge in [-0.15, -0.1) is 0 Å². The number of carbonyl (C=O) groups is 2. The Kier molecular flexibility index (Phi) is 4.88. The van der Waals surface area contributed by atoms with Crippen LogP contribution in [0.15, 0.2) is 4.52 Å². The summed E-state index contributed by atoms with van der Waals surface area (Å²) in [4.78, 5) is 24.8. The van der Waals surface area contributed by atoms with Gasteiger partial charge in [0.1, 0.15) is 11.3 Å². The van der Waals surface area contributed by atoms with Crippen molar-refractivity contribution >= 4 is 11.8 Å². The van der Waals surface area contributed by atoms with Gasteiger partial charge in [-0.1, -0.05) is 12.1 Å². The van der Waals surface area contributed by atoms with E-state index in [2.05, 4.69) is 10.5 Å². The molecule has 100 valence electrons. The topological polar surface area (TPSA) is 75.4 Å². The van der Waals surface area contributed by atoms with Crippen LogP contribution in [0.5, 0.6) is 0 Å². The van der Waals surface area contributed by atoms with Gasteiger partial charge in [0, 0.05) is 27.1 Å². The first-order valence-corrected chi connectivity index (χ1v) is 5.90. The molecule has 6 nitrogen and oxygen atoms in total. The van der Waals surface area contributed by atoms with Gasteiger partial charge in [-0.05, 0) is 13.3 Å². The van der Waals surface area contributed by atoms with Crippen LogP contribution in [0.25, 0.3) is 0 Å². The number of hydrogen-bond acceptors (Lipinski definition) is 4. The molecule has 0 unspecified atom stereocenters. The lowest BCUT2D eigenvalue weighted by Gasteiger charge is -2.10. The average Bonchev–Trinajstić information content (AvgIpc) is 2.69. The highest BCUT2D eigenvalue weighted by atomic mass is 16.5. The van der Waals surface area contributed by atoms with Crippen LogP contribution in [-0.2, 0) is 11.2 Å². The van der Waals surface area contributed by atoms with E-state index in [-0.39, 0.29) is 18.2 Å². The highest BCUT2D eigenvalue weighted by molar-refractivity contribution is 5.96. The number of hydrogen-bond donors (Lipinski definition) is 1. The normalized spacial score (nSPS) is 10.2. The summed E-state index contributed by atoms with van der Waals surface area (Å²) in [5, 5.41) is 6.52. The van der Waals surface area contributed by atoms with Gasteiger partial charge in [0.25, 0.3) is 5.91 Å². The van der Waals surface area contributed by atoms with Crippen LogP contribution >= 0.6 is 0 Å². The van der Waals surface area contributed by atoms with Crippen molar-refractivity contribution in [2.75, 3.05) is 20.6 Å². The summed E-state index contributed by atoms with van der Waals surface area (Å²) in [5.41, 5.74) is 1.12. The van der Waals surface area contributed by atoms with E-state index in [4.69, 9.17) is 4.52 Å². The predicted molar refractivity (Wildman–Crippen MR) is 66.3 cm³/mol. The molecular weight excluding hydrogens is 234 g/mol. The first-order chi connectivity index (χ1) is 8.47. The van der Waals surface area contributed by atoms with Crippen molar-refractivity contribution < 1.29 is 14.1 Å². The molecule has 0 fully saturated rings. The van der Waals surface area contributed by atoms with E-state index in [1.807, 2.05) is 6.92 Å². The van der Waals surface area contributed by atoms with Crippen molar-refractivity contribution in [2.45, 2.75) is 26.7 Å². The molecule has 0 atom stereocenters. The highest BCUT2D eigenvalue weighted by Crippen LogP contribution is 2.13. The Morgan fingerprint density at radius 2 is 2.06 bits per heavy atom. The van der Waals surface area contributed by atoms with Crippen LogP contribution in [-0.4, -0.2) is 42.5 Å². The molecule has 1 N–H and O–H groups in total. The van der Waals surface area contributed by atoms with Gasteiger partial charge in [0.2, 0.25) is 5.91 Å². The van der Waals surface area contributed by atoms with Gasteiger partial charge in [-0.2, -0.15) is 0 Å². The summed E-state index contributed by atoms with van der Waals surface area (Å²) in [7, 11) is 3.37. The maximum Gasteiger partial charge on any atom is 0.256 e. The van der Waals surface area contributed by atoms with Crippen molar-refractivity contribution in [3.8, 4) is 0 Å². The number of carbonyl (C=O) groups excluding carboxylic acids is 2. The molecule has 2 amide bonds. The molecule has 0 aliphatic rings. The number of aromatic nitrogens is 1. The average molecular weight is 253 g/mol. The Bertz CT molecular complexity index is 438. The van der Waals surface area contributed by atoms with Crippen LogP contribution in [0, 0.1) is 6.92 Å². The fourth-order valence-corrected chi connectivity index (χ4v) is 1.55. The van der Waals surface area contributed by atoms with Gasteiger partial charge in [-0.3, -0.25) is 9.59 Å². The largest absolute Gasteiger partial charge is 0.361 e. The molecule has 0 aromatic carbocycles. The van der Waals surface area contributed by atoms with Crippen molar-refractivity contribution in [1.29, 1.82) is 0 Å². The Balaban J connectivity index is 2.55. The Hall–Kier alpha value is -1.85. The van der Waals surface area contributed by atoms with Crippen molar-refractivity contribution in [1.82, 2.24) is 15.4 Å². The van der Waals surface area contributed by atoms with Gasteiger partial charge in [0.05, 0.1) is 5.69 Å². The summed E-state index contributed by atoms with van der Waals surface area (Å²) in [6.07, 6.45) is 0.918. The number of aryl methyl sites for hydroxylation is 2. The molecule has 0 bridgehead atoms. The lowest BCUT2D eigenvalue weighted by Crippen LogP contribution is -2.30. The Morgan fingerprint density at radius 3 is 2.61 bits per heavy atom. The zero-order chi connectivity index (χ0) is 13.7. The fraction of sp³-hybridized carbons (Fsp3) is 0.583. The first-order valence-electron chi connectivity index (χ1n) is 5.90. The molecule has 18 heavy (non-hydrogen) atoms. The minimum absolute atomic E-state index is 0.0203. The van der Waals surface area contributed by atoms with Crippen LogP contribution < -0.4 is 5.32 Å². The number of nitrogens with zero attached hydrogens (tertiary/aromatic N) is 2. The molecule has 6 heteroatoms. The van der Waals surface area contributed by atoms with E-state index in [9.17, 15) is 9.59 Å². The van der Waals surface area contributed by atoms with Gasteiger partial charge in [-0.25, -0.2) is 0 Å². The molecule has 0 aliphatic carbocycles. The molecule has 1 aromatic rings. The smallest absolute Gasteiger partial charge is 0.256 e. The lowest BCUT2D eigenvalue weighted by molar-refractivity contribution is -0.128. The van der Waals surface area contributed by atoms with Crippen molar-refractivity contribution in [3.05, 3.63) is 17.0 Å². The Morgan fingerprint density at radius 1 is 1.39 bits per heavy atom. The second-order valence-corrected chi connectivity index (χ2v) is 4.21. The molecule has 1 aromatic heterocycles. The third-order valence-corrected chi connectivity index (χ3v) is 2.62. The SMILES string of the molecule is CCc1noc(C)c1C(=O)NCCC(=O)N(C)C. The molecule has 0 saturated heterocycles. The number of rotatable bonds is 5. The quantitative estimate of drug-likeness (QED) is 0.840. The molecule has 0 spiro atoms. The molecule has 0 saturated carbocycles. The van der Waals surface area contributed by atoms with E-state index < -0.39 is 0 Å². The number of nitrogens with one attached hydrogen (secondary N) is 1. The van der Waals surface area contributed by atoms with E-state index in [1.165, 1.54) is 4.90 Å². The molecule has 1 rings (SSSR count). The van der Waals surface area contributed by atoms with Crippen LogP contribution in [0.4, 0.5) is 0 Å². The third kappa shape index (κ3) is 3.32. The third-order valence-electron chi connectivity index (χ3n) is 2.62. The molecular formula is C12H19N3O3. The first kappa shape index (κ1) is 14.2. The van der Waals surface area contributed by atoms with Crippen molar-refractivity contribution in [2.24, 2.45) is 0 Å². The molecule has 0 aliphatic heterocycles. The summed E-state index contributed by atoms with van der Waals surface area (Å²) < 4.78 is 4.99. The summed E-state index contributed by atoms with van der Waals surface area (Å²) >= 11 is 0. The Labute approximate surface area is 106 Å². The van der Waals surface area contributed by atoms with E-state index >= 15 is 0 Å². The zero-order valence-electron chi connectivity index (χ0n) is 11.2. The van der Waals surface area contributed by atoms with Crippen molar-refractivity contribution in [3.63, 3.8) is 0 Å². The van der Waals surface area contributed by atoms with E-state index in [0.29, 0.717) is 30.0 Å². The van der Waals surface area contributed by atoms with Crippen LogP contribution in [0.1, 0.15) is 35.2 Å². The minimum Gasteiger partial charge on any atom is -0.361 e. The summed E-state index contributed by atoms with van der Waals surface area (Å²) in [5.74, 6) is 0.244. The standard InChI is InChI=1S/C12H19N3O3/c1-5-9-11(8(2)18-14-9)12(17)13-7-6-10(16)15(3)4/h5-7H2,1-4H3,(H,13,17). The monoisotopic (exact) mass is 253 g/mol. The van der Waals surface area contributed by atoms with Gasteiger partial charge < -0.3 is 14.7 Å². The second kappa shape index (κ2) is 6.18. The minimum atomic E-state index is -0.239. The van der Waals surface area contributed by atoms with Crippen LogP contribution in [0.3, 0.4) is 0 Å². The fourth-order valence-electron chi connectivity index (χ4n) is 1.55. The summed E-state index contributed by atoms with van der Waals surface area (Å²) in [6.45, 7) is 3.92. The maximum atomic E-state index is 11.9. The molecule has 0 radical (unpaired) electrons. The maximum absolute atomic E-state index is 11.9. The zero-order valence-corrected chi connectivity index (χ0v) is 11.2. The predicted octanol–water partition coefficient (Wildman–Crippen LogP) is 0.754. The van der Waals surface area contributed by atoms with Crippen LogP contribution in [0.2, 0.25) is 0 Å². The van der Waals surface area contributed by atoms with E-state index in [1.54, 1.807) is 21.0 Å². The van der Waals surface area contributed by atoms with Gasteiger partial charge >= 0.3 is 0 Å². The van der Waals surface area contributed by atoms with E-state index in [0.717, 1.165) is 0 Å². The molecule has 1 heterocycles. The highest BCUT2D eigenvalue weighted by Gasteiger charge is 2.18.